The summed E-state index contributed by atoms with van der Waals surface area (Å²) in [7, 11) is 0. The molecule has 2 aromatic carbocycles. The van der Waals surface area contributed by atoms with Gasteiger partial charge in [-0.3, -0.25) is 0 Å². The molecule has 0 fully saturated rings. The molecule has 208 valence electrons. The van der Waals surface area contributed by atoms with Crippen molar-refractivity contribution in [2.45, 2.75) is 104 Å². The molecule has 5 nitrogen and oxygen atoms in total. The van der Waals surface area contributed by atoms with Gasteiger partial charge in [0.05, 0.1) is 18.3 Å². The van der Waals surface area contributed by atoms with Crippen molar-refractivity contribution in [3.63, 3.8) is 0 Å². The van der Waals surface area contributed by atoms with E-state index < -0.39 is 5.97 Å². The van der Waals surface area contributed by atoms with Gasteiger partial charge in [-0.15, -0.1) is 0 Å². The van der Waals surface area contributed by atoms with E-state index >= 15 is 0 Å². The van der Waals surface area contributed by atoms with E-state index in [9.17, 15) is 9.59 Å². The van der Waals surface area contributed by atoms with Gasteiger partial charge in [-0.2, -0.15) is 0 Å². The number of unbranched alkanes of at least 4 members (excludes halogenated alkanes) is 9. The highest BCUT2D eigenvalue weighted by atomic mass is 16.5. The van der Waals surface area contributed by atoms with Gasteiger partial charge in [-0.1, -0.05) is 83.8 Å². The van der Waals surface area contributed by atoms with E-state index in [1.807, 2.05) is 6.92 Å². The molecule has 0 aromatic heterocycles. The Morgan fingerprint density at radius 2 is 1.32 bits per heavy atom. The summed E-state index contributed by atoms with van der Waals surface area (Å²) in [6, 6.07) is 14.0. The van der Waals surface area contributed by atoms with Crippen LogP contribution in [-0.4, -0.2) is 24.6 Å². The predicted molar refractivity (Wildman–Crippen MR) is 155 cm³/mol. The van der Waals surface area contributed by atoms with Crippen LogP contribution >= 0.6 is 0 Å². The highest BCUT2D eigenvalue weighted by Gasteiger charge is 2.09. The van der Waals surface area contributed by atoms with Crippen LogP contribution in [0, 0.1) is 0 Å². The predicted octanol–water partition coefficient (Wildman–Crippen LogP) is 8.95. The Balaban J connectivity index is 1.70. The van der Waals surface area contributed by atoms with E-state index in [2.05, 4.69) is 13.8 Å². The van der Waals surface area contributed by atoms with Crippen molar-refractivity contribution < 1.29 is 23.8 Å². The number of ether oxygens (including phenoxy) is 3. The van der Waals surface area contributed by atoms with Gasteiger partial charge >= 0.3 is 11.9 Å². The van der Waals surface area contributed by atoms with Crippen LogP contribution in [0.4, 0.5) is 0 Å². The zero-order valence-electron chi connectivity index (χ0n) is 23.6. The maximum Gasteiger partial charge on any atom is 0.343 e. The fourth-order valence-electron chi connectivity index (χ4n) is 4.07. The smallest absolute Gasteiger partial charge is 0.343 e. The molecule has 0 spiro atoms. The standard InChI is InChI=1S/C33H46O5/c1-4-6-8-10-11-12-14-26-36-30-23-19-29(20-24-30)33(35)38-31-21-16-28(17-22-31)18-25-32(34)37-27(3)15-13-9-7-5-2/h16-25,27H,4-15,26H2,1-3H3/b25-18+. The number of carbonyl (C=O) groups is 2. The number of rotatable bonds is 19. The van der Waals surface area contributed by atoms with E-state index in [0.29, 0.717) is 17.9 Å². The second-order valence-corrected chi connectivity index (χ2v) is 9.88. The van der Waals surface area contributed by atoms with Crippen molar-refractivity contribution >= 4 is 18.0 Å². The van der Waals surface area contributed by atoms with Crippen LogP contribution < -0.4 is 9.47 Å². The Hall–Kier alpha value is -3.08. The highest BCUT2D eigenvalue weighted by molar-refractivity contribution is 5.91. The van der Waals surface area contributed by atoms with Gasteiger partial charge in [-0.05, 0) is 74.2 Å². The van der Waals surface area contributed by atoms with E-state index in [1.165, 1.54) is 63.9 Å². The molecule has 0 heterocycles. The Morgan fingerprint density at radius 3 is 1.97 bits per heavy atom. The Morgan fingerprint density at radius 1 is 0.737 bits per heavy atom. The Kier molecular flexibility index (Phi) is 15.6. The molecule has 0 amide bonds. The summed E-state index contributed by atoms with van der Waals surface area (Å²) in [5.41, 5.74) is 1.28. The summed E-state index contributed by atoms with van der Waals surface area (Å²) in [4.78, 5) is 24.6. The molecule has 0 aliphatic rings. The molecule has 0 bridgehead atoms. The van der Waals surface area contributed by atoms with Crippen molar-refractivity contribution in [2.24, 2.45) is 0 Å². The average Bonchev–Trinajstić information content (AvgIpc) is 2.92. The fraction of sp³-hybridized carbons (Fsp3) is 0.515. The molecule has 0 aliphatic heterocycles. The average molecular weight is 523 g/mol. The molecule has 2 aromatic rings. The molecule has 2 rings (SSSR count). The second kappa shape index (κ2) is 19.1. The zero-order chi connectivity index (χ0) is 27.4. The topological polar surface area (TPSA) is 61.8 Å². The maximum atomic E-state index is 12.5. The fourth-order valence-corrected chi connectivity index (χ4v) is 4.07. The second-order valence-electron chi connectivity index (χ2n) is 9.88. The number of carbonyl (C=O) groups excluding carboxylic acids is 2. The quantitative estimate of drug-likeness (QED) is 0.0797. The number of hydrogen-bond acceptors (Lipinski definition) is 5. The van der Waals surface area contributed by atoms with E-state index in [0.717, 1.165) is 30.6 Å². The third kappa shape index (κ3) is 13.5. The highest BCUT2D eigenvalue weighted by Crippen LogP contribution is 2.18. The van der Waals surface area contributed by atoms with Gasteiger partial charge in [0.15, 0.2) is 0 Å². The lowest BCUT2D eigenvalue weighted by Crippen LogP contribution is -2.12. The molecule has 0 saturated heterocycles. The minimum absolute atomic E-state index is 0.0865. The molecule has 38 heavy (non-hydrogen) atoms. The summed E-state index contributed by atoms with van der Waals surface area (Å²) in [5.74, 6) is 0.421. The van der Waals surface area contributed by atoms with Gasteiger partial charge in [0.2, 0.25) is 0 Å². The van der Waals surface area contributed by atoms with Crippen LogP contribution in [0.25, 0.3) is 6.08 Å². The van der Waals surface area contributed by atoms with Crippen LogP contribution in [0.2, 0.25) is 0 Å². The van der Waals surface area contributed by atoms with Gasteiger partial charge in [0.25, 0.3) is 0 Å². The number of hydrogen-bond donors (Lipinski definition) is 0. The van der Waals surface area contributed by atoms with Crippen molar-refractivity contribution in [1.29, 1.82) is 0 Å². The summed E-state index contributed by atoms with van der Waals surface area (Å²) in [5, 5.41) is 0. The number of esters is 2. The Labute approximate surface area is 229 Å². The molecule has 5 heteroatoms. The number of benzene rings is 2. The summed E-state index contributed by atoms with van der Waals surface area (Å²) in [6.45, 7) is 7.03. The molecule has 0 radical (unpaired) electrons. The van der Waals surface area contributed by atoms with Crippen LogP contribution in [0.1, 0.15) is 114 Å². The van der Waals surface area contributed by atoms with Crippen molar-refractivity contribution in [1.82, 2.24) is 0 Å². The molecule has 1 unspecified atom stereocenters. The summed E-state index contributed by atoms with van der Waals surface area (Å²) in [6.07, 6.45) is 17.3. The lowest BCUT2D eigenvalue weighted by molar-refractivity contribution is -0.142. The first kappa shape index (κ1) is 31.1. The summed E-state index contributed by atoms with van der Waals surface area (Å²) < 4.78 is 16.7. The molecular formula is C33H46O5. The maximum absolute atomic E-state index is 12.5. The summed E-state index contributed by atoms with van der Waals surface area (Å²) >= 11 is 0. The van der Waals surface area contributed by atoms with Crippen LogP contribution in [0.3, 0.4) is 0 Å². The van der Waals surface area contributed by atoms with Gasteiger partial charge in [0, 0.05) is 6.08 Å². The van der Waals surface area contributed by atoms with Crippen molar-refractivity contribution in [3.8, 4) is 11.5 Å². The van der Waals surface area contributed by atoms with Gasteiger partial charge in [-0.25, -0.2) is 9.59 Å². The first-order valence-corrected chi connectivity index (χ1v) is 14.5. The SMILES string of the molecule is CCCCCCCCCOc1ccc(C(=O)Oc2ccc(/C=C/C(=O)OC(C)CCCCCC)cc2)cc1. The molecule has 0 N–H and O–H groups in total. The third-order valence-corrected chi connectivity index (χ3v) is 6.39. The minimum Gasteiger partial charge on any atom is -0.494 e. The monoisotopic (exact) mass is 522 g/mol. The van der Waals surface area contributed by atoms with E-state index in [4.69, 9.17) is 14.2 Å². The van der Waals surface area contributed by atoms with Gasteiger partial charge < -0.3 is 14.2 Å². The van der Waals surface area contributed by atoms with Gasteiger partial charge in [0.1, 0.15) is 11.5 Å². The van der Waals surface area contributed by atoms with E-state index in [-0.39, 0.29) is 12.1 Å². The van der Waals surface area contributed by atoms with E-state index in [1.54, 1.807) is 54.6 Å². The first-order chi connectivity index (χ1) is 18.5. The first-order valence-electron chi connectivity index (χ1n) is 14.5. The molecular weight excluding hydrogens is 476 g/mol. The Bertz CT molecular complexity index is 946. The minimum atomic E-state index is -0.427. The largest absolute Gasteiger partial charge is 0.494 e. The zero-order valence-corrected chi connectivity index (χ0v) is 23.6. The van der Waals surface area contributed by atoms with Crippen LogP contribution in [0.5, 0.6) is 11.5 Å². The van der Waals surface area contributed by atoms with Crippen LogP contribution in [-0.2, 0) is 9.53 Å². The lowest BCUT2D eigenvalue weighted by Gasteiger charge is -2.11. The molecule has 0 aliphatic carbocycles. The molecule has 1 atom stereocenters. The van der Waals surface area contributed by atoms with Crippen molar-refractivity contribution in [3.05, 3.63) is 65.7 Å². The van der Waals surface area contributed by atoms with Crippen LogP contribution in [0.15, 0.2) is 54.6 Å². The molecule has 0 saturated carbocycles. The lowest BCUT2D eigenvalue weighted by atomic mass is 10.1. The van der Waals surface area contributed by atoms with Crippen molar-refractivity contribution in [2.75, 3.05) is 6.61 Å². The third-order valence-electron chi connectivity index (χ3n) is 6.39. The normalized spacial score (nSPS) is 11.9.